The van der Waals surface area contributed by atoms with E-state index in [1.807, 2.05) is 26.0 Å². The molecule has 2 unspecified atom stereocenters. The molecule has 37 heavy (non-hydrogen) atoms. The second kappa shape index (κ2) is 9.34. The van der Waals surface area contributed by atoms with E-state index in [-0.39, 0.29) is 12.8 Å². The number of aliphatic hydroxyl groups is 1. The van der Waals surface area contributed by atoms with Crippen molar-refractivity contribution in [2.24, 2.45) is 0 Å². The Bertz CT molecular complexity index is 1270. The SMILES string of the molecule is CC(=O)OC1CC2=C(OC1(C)C)c1ccccc1C(O)(Cc1ccc(NC(=O)OC(C)(C)C)cc1)C2=O. The van der Waals surface area contributed by atoms with Gasteiger partial charge in [0.2, 0.25) is 0 Å². The quantitative estimate of drug-likeness (QED) is 0.567. The van der Waals surface area contributed by atoms with Gasteiger partial charge in [0.15, 0.2) is 11.4 Å². The minimum atomic E-state index is -1.85. The first-order valence-corrected chi connectivity index (χ1v) is 12.2. The predicted octanol–water partition coefficient (Wildman–Crippen LogP) is 4.89. The fraction of sp³-hybridized carbons (Fsp3) is 0.414. The number of carbonyl (C=O) groups is 3. The van der Waals surface area contributed by atoms with E-state index in [1.165, 1.54) is 6.92 Å². The molecule has 8 heteroatoms. The Morgan fingerprint density at radius 2 is 1.76 bits per heavy atom. The van der Waals surface area contributed by atoms with Crippen LogP contribution in [0.25, 0.3) is 5.76 Å². The minimum Gasteiger partial charge on any atom is -0.483 e. The number of ketones is 1. The van der Waals surface area contributed by atoms with Gasteiger partial charge in [0.05, 0.1) is 0 Å². The number of amides is 1. The maximum atomic E-state index is 13.8. The third kappa shape index (κ3) is 5.39. The Morgan fingerprint density at radius 1 is 1.11 bits per heavy atom. The third-order valence-corrected chi connectivity index (χ3v) is 6.44. The lowest BCUT2D eigenvalue weighted by Gasteiger charge is -2.44. The predicted molar refractivity (Wildman–Crippen MR) is 138 cm³/mol. The molecule has 8 nitrogen and oxygen atoms in total. The summed E-state index contributed by atoms with van der Waals surface area (Å²) in [5, 5.41) is 14.6. The average Bonchev–Trinajstić information content (AvgIpc) is 2.78. The molecule has 0 spiro atoms. The highest BCUT2D eigenvalue weighted by molar-refractivity contribution is 6.11. The summed E-state index contributed by atoms with van der Waals surface area (Å²) in [5.41, 5.74) is -0.716. The van der Waals surface area contributed by atoms with Crippen LogP contribution < -0.4 is 5.32 Å². The molecule has 1 heterocycles. The molecule has 2 N–H and O–H groups in total. The van der Waals surface area contributed by atoms with Crippen molar-refractivity contribution >= 4 is 29.3 Å². The molecule has 1 aliphatic carbocycles. The van der Waals surface area contributed by atoms with Crippen molar-refractivity contribution in [3.8, 4) is 0 Å². The molecule has 2 aliphatic rings. The normalized spacial score (nSPS) is 22.4. The van der Waals surface area contributed by atoms with Gasteiger partial charge in [-0.25, -0.2) is 4.79 Å². The number of ether oxygens (including phenoxy) is 3. The number of hydrogen-bond acceptors (Lipinski definition) is 7. The average molecular weight is 508 g/mol. The number of hydrogen-bond donors (Lipinski definition) is 2. The Balaban J connectivity index is 1.64. The van der Waals surface area contributed by atoms with Crippen LogP contribution in [0.1, 0.15) is 64.7 Å². The van der Waals surface area contributed by atoms with Gasteiger partial charge in [-0.05, 0) is 52.3 Å². The summed E-state index contributed by atoms with van der Waals surface area (Å²) in [6.45, 7) is 10.3. The molecule has 4 rings (SSSR count). The Hall–Kier alpha value is -3.65. The number of esters is 1. The molecule has 0 radical (unpaired) electrons. The molecule has 196 valence electrons. The van der Waals surface area contributed by atoms with Crippen LogP contribution in [0.15, 0.2) is 54.1 Å². The van der Waals surface area contributed by atoms with Gasteiger partial charge < -0.3 is 19.3 Å². The molecule has 1 aliphatic heterocycles. The third-order valence-electron chi connectivity index (χ3n) is 6.44. The van der Waals surface area contributed by atoms with Gasteiger partial charge in [-0.3, -0.25) is 14.9 Å². The molecule has 0 bridgehead atoms. The van der Waals surface area contributed by atoms with Crippen molar-refractivity contribution in [2.45, 2.75) is 77.3 Å². The standard InChI is InChI=1S/C29H33NO7/c1-17(31)35-23-15-21-24(36-28(23,5)6)20-9-7-8-10-22(20)29(34,25(21)32)16-18-11-13-19(14-12-18)30-26(33)37-27(2,3)4/h7-14,23,34H,15-16H2,1-6H3,(H,30,33). The molecular formula is C29H33NO7. The first-order chi connectivity index (χ1) is 17.2. The largest absolute Gasteiger partial charge is 0.483 e. The molecule has 2 aromatic rings. The summed E-state index contributed by atoms with van der Waals surface area (Å²) in [6.07, 6.45) is -1.11. The summed E-state index contributed by atoms with van der Waals surface area (Å²) in [4.78, 5) is 37.6. The van der Waals surface area contributed by atoms with Crippen molar-refractivity contribution in [2.75, 3.05) is 5.32 Å². The Kier molecular flexibility index (Phi) is 6.67. The topological polar surface area (TPSA) is 111 Å². The van der Waals surface area contributed by atoms with E-state index in [9.17, 15) is 19.5 Å². The van der Waals surface area contributed by atoms with E-state index in [2.05, 4.69) is 5.32 Å². The number of rotatable bonds is 4. The van der Waals surface area contributed by atoms with Crippen LogP contribution in [-0.2, 0) is 35.8 Å². The van der Waals surface area contributed by atoms with Gasteiger partial charge in [-0.15, -0.1) is 0 Å². The number of anilines is 1. The molecule has 0 saturated heterocycles. The summed E-state index contributed by atoms with van der Waals surface area (Å²) >= 11 is 0. The molecule has 0 saturated carbocycles. The number of nitrogens with one attached hydrogen (secondary N) is 1. The van der Waals surface area contributed by atoms with Crippen molar-refractivity contribution in [1.82, 2.24) is 0 Å². The number of Topliss-reactive ketones (excluding diaryl/α,β-unsaturated/α-hetero) is 1. The van der Waals surface area contributed by atoms with Gasteiger partial charge in [0, 0.05) is 42.2 Å². The second-order valence-corrected chi connectivity index (χ2v) is 11.1. The van der Waals surface area contributed by atoms with Gasteiger partial charge in [-0.1, -0.05) is 36.4 Å². The van der Waals surface area contributed by atoms with Crippen LogP contribution in [0.5, 0.6) is 0 Å². The van der Waals surface area contributed by atoms with Crippen molar-refractivity contribution in [3.05, 3.63) is 70.8 Å². The lowest BCUT2D eigenvalue weighted by molar-refractivity contribution is -0.162. The van der Waals surface area contributed by atoms with Crippen LogP contribution in [-0.4, -0.2) is 40.3 Å². The zero-order valence-corrected chi connectivity index (χ0v) is 22.0. The van der Waals surface area contributed by atoms with E-state index in [1.54, 1.807) is 57.2 Å². The lowest BCUT2D eigenvalue weighted by atomic mass is 9.71. The number of fused-ring (bicyclic) bond motifs is 2. The van der Waals surface area contributed by atoms with Crippen LogP contribution in [0.2, 0.25) is 0 Å². The highest BCUT2D eigenvalue weighted by Crippen LogP contribution is 2.48. The van der Waals surface area contributed by atoms with Crippen LogP contribution in [0.4, 0.5) is 10.5 Å². The van der Waals surface area contributed by atoms with Crippen LogP contribution >= 0.6 is 0 Å². The van der Waals surface area contributed by atoms with Gasteiger partial charge >= 0.3 is 12.1 Å². The molecule has 1 amide bonds. The van der Waals surface area contributed by atoms with Gasteiger partial charge in [0.25, 0.3) is 0 Å². The first-order valence-electron chi connectivity index (χ1n) is 12.2. The van der Waals surface area contributed by atoms with E-state index in [0.717, 1.165) is 0 Å². The Labute approximate surface area is 216 Å². The maximum absolute atomic E-state index is 13.8. The number of carbonyl (C=O) groups excluding carboxylic acids is 3. The van der Waals surface area contributed by atoms with Crippen LogP contribution in [0.3, 0.4) is 0 Å². The smallest absolute Gasteiger partial charge is 0.412 e. The summed E-state index contributed by atoms with van der Waals surface area (Å²) in [6, 6.07) is 14.0. The van der Waals surface area contributed by atoms with Crippen LogP contribution in [0, 0.1) is 0 Å². The molecule has 2 aromatic carbocycles. The van der Waals surface area contributed by atoms with Crippen molar-refractivity contribution in [3.63, 3.8) is 0 Å². The van der Waals surface area contributed by atoms with E-state index in [4.69, 9.17) is 14.2 Å². The maximum Gasteiger partial charge on any atom is 0.412 e. The monoisotopic (exact) mass is 507 g/mol. The summed E-state index contributed by atoms with van der Waals surface area (Å²) < 4.78 is 17.0. The fourth-order valence-electron chi connectivity index (χ4n) is 4.72. The highest BCUT2D eigenvalue weighted by atomic mass is 16.6. The number of benzene rings is 2. The second-order valence-electron chi connectivity index (χ2n) is 11.1. The highest BCUT2D eigenvalue weighted by Gasteiger charge is 2.52. The van der Waals surface area contributed by atoms with E-state index >= 15 is 0 Å². The van der Waals surface area contributed by atoms with Gasteiger partial charge in [-0.2, -0.15) is 0 Å². The first kappa shape index (κ1) is 26.4. The molecule has 2 atom stereocenters. The molecule has 0 aromatic heterocycles. The van der Waals surface area contributed by atoms with Gasteiger partial charge in [0.1, 0.15) is 23.1 Å². The fourth-order valence-corrected chi connectivity index (χ4v) is 4.72. The van der Waals surface area contributed by atoms with Crippen molar-refractivity contribution in [1.29, 1.82) is 0 Å². The summed E-state index contributed by atoms with van der Waals surface area (Å²) in [7, 11) is 0. The lowest BCUT2D eigenvalue weighted by Crippen LogP contribution is -2.50. The van der Waals surface area contributed by atoms with E-state index in [0.29, 0.717) is 33.7 Å². The van der Waals surface area contributed by atoms with Crippen molar-refractivity contribution < 1.29 is 33.7 Å². The van der Waals surface area contributed by atoms with E-state index < -0.39 is 40.8 Å². The Morgan fingerprint density at radius 3 is 2.38 bits per heavy atom. The molecular weight excluding hydrogens is 474 g/mol. The zero-order chi connectivity index (χ0) is 27.2. The minimum absolute atomic E-state index is 0.00791. The summed E-state index contributed by atoms with van der Waals surface area (Å²) in [5.74, 6) is -0.537. The molecule has 0 fully saturated rings. The zero-order valence-electron chi connectivity index (χ0n) is 22.0.